The summed E-state index contributed by atoms with van der Waals surface area (Å²) in [6.45, 7) is 5.34. The Morgan fingerprint density at radius 2 is 1.88 bits per heavy atom. The third-order valence-electron chi connectivity index (χ3n) is 5.14. The molecule has 0 bridgehead atoms. The topological polar surface area (TPSA) is 52.7 Å². The number of carbonyl (C=O) groups excluding carboxylic acids is 2. The summed E-state index contributed by atoms with van der Waals surface area (Å²) < 4.78 is 13.4. The van der Waals surface area contributed by atoms with Gasteiger partial charge >= 0.3 is 0 Å². The molecule has 3 rings (SSSR count). The lowest BCUT2D eigenvalue weighted by atomic mass is 9.92. The molecule has 2 atom stereocenters. The molecular formula is C19H27ClFN3O2. The van der Waals surface area contributed by atoms with Crippen molar-refractivity contribution in [3.05, 3.63) is 35.6 Å². The van der Waals surface area contributed by atoms with Crippen molar-refractivity contribution >= 4 is 24.2 Å². The zero-order valence-corrected chi connectivity index (χ0v) is 15.9. The molecule has 0 radical (unpaired) electrons. The van der Waals surface area contributed by atoms with E-state index in [0.717, 1.165) is 25.8 Å². The maximum absolute atomic E-state index is 13.4. The predicted molar refractivity (Wildman–Crippen MR) is 101 cm³/mol. The van der Waals surface area contributed by atoms with Gasteiger partial charge in [0.15, 0.2) is 0 Å². The highest BCUT2D eigenvalue weighted by Crippen LogP contribution is 2.20. The standard InChI is InChI=1S/C19H26FN3O2.ClH/c1-14-12-16(6-7-21-14)19(25)23-9-3-8-22(10-11-23)18(24)15-4-2-5-17(20)13-15;/h2,4-5,13-14,16,21H,3,6-12H2,1H3;1H/t14-,16-;/m0./s1. The molecule has 5 nitrogen and oxygen atoms in total. The van der Waals surface area contributed by atoms with Crippen LogP contribution in [0.3, 0.4) is 0 Å². The molecule has 1 aromatic carbocycles. The highest BCUT2D eigenvalue weighted by molar-refractivity contribution is 5.94. The molecule has 2 saturated heterocycles. The fourth-order valence-corrected chi connectivity index (χ4v) is 3.76. The minimum atomic E-state index is -0.405. The molecule has 0 unspecified atom stereocenters. The molecule has 2 amide bonds. The minimum Gasteiger partial charge on any atom is -0.341 e. The molecule has 2 aliphatic rings. The quantitative estimate of drug-likeness (QED) is 0.852. The summed E-state index contributed by atoms with van der Waals surface area (Å²) >= 11 is 0. The van der Waals surface area contributed by atoms with Crippen molar-refractivity contribution in [1.29, 1.82) is 0 Å². The molecule has 2 heterocycles. The van der Waals surface area contributed by atoms with Gasteiger partial charge in [0.05, 0.1) is 0 Å². The fourth-order valence-electron chi connectivity index (χ4n) is 3.76. The number of benzene rings is 1. The van der Waals surface area contributed by atoms with Gasteiger partial charge in [0.1, 0.15) is 5.82 Å². The Morgan fingerprint density at radius 1 is 1.15 bits per heavy atom. The second kappa shape index (κ2) is 9.33. The van der Waals surface area contributed by atoms with Crippen molar-refractivity contribution in [3.8, 4) is 0 Å². The number of piperidine rings is 1. The van der Waals surface area contributed by atoms with E-state index in [1.165, 1.54) is 12.1 Å². The summed E-state index contributed by atoms with van der Waals surface area (Å²) in [7, 11) is 0. The van der Waals surface area contributed by atoms with Crippen molar-refractivity contribution in [2.24, 2.45) is 5.92 Å². The predicted octanol–water partition coefficient (Wildman–Crippen LogP) is 2.31. The maximum Gasteiger partial charge on any atom is 0.254 e. The second-order valence-electron chi connectivity index (χ2n) is 7.06. The average Bonchev–Trinajstić information content (AvgIpc) is 2.86. The molecule has 7 heteroatoms. The molecule has 2 aliphatic heterocycles. The van der Waals surface area contributed by atoms with Crippen LogP contribution in [0.15, 0.2) is 24.3 Å². The van der Waals surface area contributed by atoms with Gasteiger partial charge in [0, 0.05) is 43.7 Å². The summed E-state index contributed by atoms with van der Waals surface area (Å²) in [6.07, 6.45) is 2.51. The van der Waals surface area contributed by atoms with Gasteiger partial charge in [-0.2, -0.15) is 0 Å². The summed E-state index contributed by atoms with van der Waals surface area (Å²) in [4.78, 5) is 29.0. The van der Waals surface area contributed by atoms with Crippen molar-refractivity contribution in [2.45, 2.75) is 32.2 Å². The van der Waals surface area contributed by atoms with Gasteiger partial charge in [0.2, 0.25) is 5.91 Å². The number of nitrogens with zero attached hydrogens (tertiary/aromatic N) is 2. The monoisotopic (exact) mass is 383 g/mol. The largest absolute Gasteiger partial charge is 0.341 e. The van der Waals surface area contributed by atoms with Crippen LogP contribution < -0.4 is 5.32 Å². The number of hydrogen-bond acceptors (Lipinski definition) is 3. The first kappa shape index (κ1) is 20.6. The maximum atomic E-state index is 13.4. The van der Waals surface area contributed by atoms with Gasteiger partial charge in [0.25, 0.3) is 5.91 Å². The number of halogens is 2. The SMILES string of the molecule is C[C@H]1C[C@@H](C(=O)N2CCCN(C(=O)c3cccc(F)c3)CC2)CCN1.Cl. The third kappa shape index (κ3) is 4.95. The first-order chi connectivity index (χ1) is 12.0. The van der Waals surface area contributed by atoms with E-state index in [1.807, 2.05) is 4.90 Å². The Bertz CT molecular complexity index is 643. The summed E-state index contributed by atoms with van der Waals surface area (Å²) in [5.74, 6) is -0.267. The fraction of sp³-hybridized carbons (Fsp3) is 0.579. The number of amides is 2. The first-order valence-electron chi connectivity index (χ1n) is 9.11. The van der Waals surface area contributed by atoms with Crippen molar-refractivity contribution in [1.82, 2.24) is 15.1 Å². The van der Waals surface area contributed by atoms with Crippen LogP contribution in [-0.2, 0) is 4.79 Å². The van der Waals surface area contributed by atoms with E-state index in [4.69, 9.17) is 0 Å². The lowest BCUT2D eigenvalue weighted by Gasteiger charge is -2.31. The molecule has 0 aliphatic carbocycles. The first-order valence-corrected chi connectivity index (χ1v) is 9.11. The third-order valence-corrected chi connectivity index (χ3v) is 5.14. The molecule has 0 aromatic heterocycles. The van der Waals surface area contributed by atoms with E-state index in [-0.39, 0.29) is 30.1 Å². The average molecular weight is 384 g/mol. The number of hydrogen-bond donors (Lipinski definition) is 1. The summed E-state index contributed by atoms with van der Waals surface area (Å²) in [5.41, 5.74) is 0.368. The van der Waals surface area contributed by atoms with Crippen LogP contribution in [0.1, 0.15) is 36.5 Å². The second-order valence-corrected chi connectivity index (χ2v) is 7.06. The van der Waals surface area contributed by atoms with Crippen LogP contribution in [0.5, 0.6) is 0 Å². The lowest BCUT2D eigenvalue weighted by Crippen LogP contribution is -2.45. The number of rotatable bonds is 2. The molecule has 144 valence electrons. The van der Waals surface area contributed by atoms with Gasteiger partial charge in [-0.05, 0) is 50.9 Å². The number of carbonyl (C=O) groups is 2. The Hall–Kier alpha value is -1.66. The molecule has 0 spiro atoms. The van der Waals surface area contributed by atoms with Crippen LogP contribution in [0, 0.1) is 11.7 Å². The Balaban J connectivity index is 0.00000243. The van der Waals surface area contributed by atoms with Crippen molar-refractivity contribution in [3.63, 3.8) is 0 Å². The molecule has 1 N–H and O–H groups in total. The van der Waals surface area contributed by atoms with E-state index in [2.05, 4.69) is 12.2 Å². The van der Waals surface area contributed by atoms with Crippen molar-refractivity contribution in [2.75, 3.05) is 32.7 Å². The Morgan fingerprint density at radius 3 is 2.62 bits per heavy atom. The molecule has 2 fully saturated rings. The number of nitrogens with one attached hydrogen (secondary N) is 1. The van der Waals surface area contributed by atoms with Gasteiger partial charge in [-0.3, -0.25) is 9.59 Å². The van der Waals surface area contributed by atoms with Crippen LogP contribution in [0.25, 0.3) is 0 Å². The molecule has 1 aromatic rings. The normalized spacial score (nSPS) is 23.8. The van der Waals surface area contributed by atoms with Crippen molar-refractivity contribution < 1.29 is 14.0 Å². The van der Waals surface area contributed by atoms with Crippen LogP contribution in [0.4, 0.5) is 4.39 Å². The smallest absolute Gasteiger partial charge is 0.254 e. The highest BCUT2D eigenvalue weighted by Gasteiger charge is 2.30. The zero-order valence-electron chi connectivity index (χ0n) is 15.1. The minimum absolute atomic E-state index is 0. The zero-order chi connectivity index (χ0) is 17.8. The van der Waals surface area contributed by atoms with E-state index in [0.29, 0.717) is 37.8 Å². The molecular weight excluding hydrogens is 357 g/mol. The lowest BCUT2D eigenvalue weighted by molar-refractivity contribution is -0.136. The van der Waals surface area contributed by atoms with Crippen LogP contribution in [-0.4, -0.2) is 60.4 Å². The Kier molecular flexibility index (Phi) is 7.41. The summed E-state index contributed by atoms with van der Waals surface area (Å²) in [5, 5.41) is 3.37. The van der Waals surface area contributed by atoms with Gasteiger partial charge in [-0.1, -0.05) is 6.07 Å². The molecule has 0 saturated carbocycles. The van der Waals surface area contributed by atoms with E-state index >= 15 is 0 Å². The van der Waals surface area contributed by atoms with Gasteiger partial charge in [-0.15, -0.1) is 12.4 Å². The van der Waals surface area contributed by atoms with E-state index in [1.54, 1.807) is 17.0 Å². The van der Waals surface area contributed by atoms with E-state index < -0.39 is 5.82 Å². The van der Waals surface area contributed by atoms with E-state index in [9.17, 15) is 14.0 Å². The Labute approximate surface area is 160 Å². The highest BCUT2D eigenvalue weighted by atomic mass is 35.5. The van der Waals surface area contributed by atoms with Gasteiger partial charge < -0.3 is 15.1 Å². The molecule has 26 heavy (non-hydrogen) atoms. The van der Waals surface area contributed by atoms with Crippen LogP contribution in [0.2, 0.25) is 0 Å². The van der Waals surface area contributed by atoms with Crippen LogP contribution >= 0.6 is 12.4 Å². The summed E-state index contributed by atoms with van der Waals surface area (Å²) in [6, 6.07) is 6.16. The van der Waals surface area contributed by atoms with Gasteiger partial charge in [-0.25, -0.2) is 4.39 Å².